The normalized spacial score (nSPS) is 21.7. The molecular weight excluding hydrogens is 342 g/mol. The number of ether oxygens (including phenoxy) is 2. The van der Waals surface area contributed by atoms with Gasteiger partial charge in [-0.15, -0.1) is 0 Å². The first kappa shape index (κ1) is 19.8. The van der Waals surface area contributed by atoms with E-state index in [4.69, 9.17) is 15.2 Å². The minimum absolute atomic E-state index is 0.0147. The Morgan fingerprint density at radius 1 is 1.19 bits per heavy atom. The molecule has 0 aromatic heterocycles. The molecule has 1 saturated heterocycles. The number of nitrogens with one attached hydrogen (secondary N) is 1. The van der Waals surface area contributed by atoms with E-state index in [1.807, 2.05) is 18.2 Å². The summed E-state index contributed by atoms with van der Waals surface area (Å²) in [4.78, 5) is 14.9. The molecule has 3 rings (SSSR count). The number of amides is 1. The maximum absolute atomic E-state index is 12.7. The number of carbonyl (C=O) groups is 1. The van der Waals surface area contributed by atoms with Crippen molar-refractivity contribution >= 4 is 11.6 Å². The molecule has 3 N–H and O–H groups in total. The zero-order valence-corrected chi connectivity index (χ0v) is 16.6. The number of benzene rings is 1. The average Bonchev–Trinajstić information content (AvgIpc) is 3.16. The highest BCUT2D eigenvalue weighted by molar-refractivity contribution is 5.77. The SMILES string of the molecule is COc1cc(OC)cc(N2CCC(NC(=O)CC3(CN)CCCCC3)C2)c1. The highest BCUT2D eigenvalue weighted by Crippen LogP contribution is 2.38. The molecular formula is C21H33N3O3. The molecule has 6 nitrogen and oxygen atoms in total. The van der Waals surface area contributed by atoms with Crippen molar-refractivity contribution in [3.8, 4) is 11.5 Å². The fourth-order valence-corrected chi connectivity index (χ4v) is 4.46. The van der Waals surface area contributed by atoms with Crippen molar-refractivity contribution in [3.63, 3.8) is 0 Å². The van der Waals surface area contributed by atoms with Gasteiger partial charge < -0.3 is 25.4 Å². The van der Waals surface area contributed by atoms with Gasteiger partial charge in [0, 0.05) is 49.4 Å². The number of hydrogen-bond acceptors (Lipinski definition) is 5. The van der Waals surface area contributed by atoms with Crippen molar-refractivity contribution in [2.24, 2.45) is 11.1 Å². The van der Waals surface area contributed by atoms with Crippen LogP contribution in [0.15, 0.2) is 18.2 Å². The third kappa shape index (κ3) is 4.86. The van der Waals surface area contributed by atoms with Crippen LogP contribution in [-0.2, 0) is 4.79 Å². The van der Waals surface area contributed by atoms with Gasteiger partial charge >= 0.3 is 0 Å². The maximum atomic E-state index is 12.7. The molecule has 0 bridgehead atoms. The van der Waals surface area contributed by atoms with Crippen LogP contribution >= 0.6 is 0 Å². The summed E-state index contributed by atoms with van der Waals surface area (Å²) in [5, 5.41) is 3.24. The zero-order chi connectivity index (χ0) is 19.3. The third-order valence-electron chi connectivity index (χ3n) is 6.14. The Labute approximate surface area is 162 Å². The third-order valence-corrected chi connectivity index (χ3v) is 6.14. The second-order valence-electron chi connectivity index (χ2n) is 8.01. The summed E-state index contributed by atoms with van der Waals surface area (Å²) in [7, 11) is 3.31. The Bertz CT molecular complexity index is 621. The minimum Gasteiger partial charge on any atom is -0.497 e. The summed E-state index contributed by atoms with van der Waals surface area (Å²) < 4.78 is 10.7. The predicted molar refractivity (Wildman–Crippen MR) is 107 cm³/mol. The van der Waals surface area contributed by atoms with Gasteiger partial charge in [0.15, 0.2) is 0 Å². The quantitative estimate of drug-likeness (QED) is 0.766. The number of nitrogens with zero attached hydrogens (tertiary/aromatic N) is 1. The van der Waals surface area contributed by atoms with E-state index in [0.717, 1.165) is 49.5 Å². The van der Waals surface area contributed by atoms with Crippen LogP contribution in [0.3, 0.4) is 0 Å². The van der Waals surface area contributed by atoms with Gasteiger partial charge in [-0.1, -0.05) is 19.3 Å². The van der Waals surface area contributed by atoms with Gasteiger partial charge in [0.25, 0.3) is 0 Å². The second-order valence-corrected chi connectivity index (χ2v) is 8.01. The molecule has 1 aromatic rings. The molecule has 2 aliphatic rings. The van der Waals surface area contributed by atoms with Crippen LogP contribution in [-0.4, -0.2) is 45.8 Å². The standard InChI is InChI=1S/C21H33N3O3/c1-26-18-10-17(11-19(12-18)27-2)24-9-6-16(14-24)23-20(25)13-21(15-22)7-4-3-5-8-21/h10-12,16H,3-9,13-15,22H2,1-2H3,(H,23,25). The molecule has 0 radical (unpaired) electrons. The van der Waals surface area contributed by atoms with Crippen LogP contribution in [0.25, 0.3) is 0 Å². The van der Waals surface area contributed by atoms with E-state index in [1.54, 1.807) is 14.2 Å². The minimum atomic E-state index is 0.0147. The maximum Gasteiger partial charge on any atom is 0.220 e. The Morgan fingerprint density at radius 3 is 2.44 bits per heavy atom. The first-order chi connectivity index (χ1) is 13.1. The number of methoxy groups -OCH3 is 2. The van der Waals surface area contributed by atoms with Crippen LogP contribution in [0, 0.1) is 5.41 Å². The number of nitrogens with two attached hydrogens (primary N) is 1. The molecule has 1 saturated carbocycles. The van der Waals surface area contributed by atoms with Crippen LogP contribution in [0.1, 0.15) is 44.9 Å². The average molecular weight is 376 g/mol. The fourth-order valence-electron chi connectivity index (χ4n) is 4.46. The fraction of sp³-hybridized carbons (Fsp3) is 0.667. The number of rotatable bonds is 7. The molecule has 1 aromatic carbocycles. The predicted octanol–water partition coefficient (Wildman–Crippen LogP) is 2.70. The highest BCUT2D eigenvalue weighted by atomic mass is 16.5. The summed E-state index contributed by atoms with van der Waals surface area (Å²) in [5.41, 5.74) is 7.11. The van der Waals surface area contributed by atoms with Gasteiger partial charge in [-0.2, -0.15) is 0 Å². The van der Waals surface area contributed by atoms with Crippen LogP contribution in [0.2, 0.25) is 0 Å². The van der Waals surface area contributed by atoms with Gasteiger partial charge in [-0.3, -0.25) is 4.79 Å². The first-order valence-corrected chi connectivity index (χ1v) is 10.0. The molecule has 1 aliphatic heterocycles. The number of carbonyl (C=O) groups excluding carboxylic acids is 1. The van der Waals surface area contributed by atoms with Gasteiger partial charge in [0.05, 0.1) is 14.2 Å². The first-order valence-electron chi connectivity index (χ1n) is 10.0. The summed E-state index contributed by atoms with van der Waals surface area (Å²) in [6, 6.07) is 6.07. The topological polar surface area (TPSA) is 76.8 Å². The lowest BCUT2D eigenvalue weighted by Crippen LogP contribution is -2.42. The van der Waals surface area contributed by atoms with Crippen LogP contribution in [0.4, 0.5) is 5.69 Å². The van der Waals surface area contributed by atoms with E-state index in [2.05, 4.69) is 10.2 Å². The molecule has 27 heavy (non-hydrogen) atoms. The van der Waals surface area contributed by atoms with Gasteiger partial charge in [-0.05, 0) is 31.2 Å². The van der Waals surface area contributed by atoms with Crippen molar-refractivity contribution in [2.75, 3.05) is 38.8 Å². The van der Waals surface area contributed by atoms with Gasteiger partial charge in [-0.25, -0.2) is 0 Å². The molecule has 0 spiro atoms. The molecule has 1 aliphatic carbocycles. The van der Waals surface area contributed by atoms with Crippen LogP contribution < -0.4 is 25.4 Å². The highest BCUT2D eigenvalue weighted by Gasteiger charge is 2.34. The van der Waals surface area contributed by atoms with E-state index in [1.165, 1.54) is 19.3 Å². The van der Waals surface area contributed by atoms with E-state index in [-0.39, 0.29) is 17.4 Å². The Balaban J connectivity index is 1.57. The van der Waals surface area contributed by atoms with E-state index >= 15 is 0 Å². The van der Waals surface area contributed by atoms with E-state index in [0.29, 0.717) is 13.0 Å². The van der Waals surface area contributed by atoms with Crippen molar-refractivity contribution in [1.82, 2.24) is 5.32 Å². The summed E-state index contributed by atoms with van der Waals surface area (Å²) >= 11 is 0. The lowest BCUT2D eigenvalue weighted by Gasteiger charge is -2.36. The lowest BCUT2D eigenvalue weighted by atomic mass is 9.71. The molecule has 6 heteroatoms. The van der Waals surface area contributed by atoms with Crippen molar-refractivity contribution in [3.05, 3.63) is 18.2 Å². The Kier molecular flexibility index (Phi) is 6.47. The molecule has 1 atom stereocenters. The molecule has 2 fully saturated rings. The largest absolute Gasteiger partial charge is 0.497 e. The van der Waals surface area contributed by atoms with E-state index in [9.17, 15) is 4.79 Å². The lowest BCUT2D eigenvalue weighted by molar-refractivity contribution is -0.124. The summed E-state index contributed by atoms with van der Waals surface area (Å²) in [5.74, 6) is 1.70. The molecule has 1 amide bonds. The molecule has 1 unspecified atom stereocenters. The number of anilines is 1. The van der Waals surface area contributed by atoms with E-state index < -0.39 is 0 Å². The monoisotopic (exact) mass is 375 g/mol. The van der Waals surface area contributed by atoms with Crippen molar-refractivity contribution in [1.29, 1.82) is 0 Å². The summed E-state index contributed by atoms with van der Waals surface area (Å²) in [6.07, 6.45) is 7.33. The van der Waals surface area contributed by atoms with Crippen molar-refractivity contribution in [2.45, 2.75) is 51.0 Å². The second kappa shape index (κ2) is 8.83. The molecule has 150 valence electrons. The van der Waals surface area contributed by atoms with Crippen LogP contribution in [0.5, 0.6) is 11.5 Å². The Hall–Kier alpha value is -1.95. The van der Waals surface area contributed by atoms with Crippen molar-refractivity contribution < 1.29 is 14.3 Å². The zero-order valence-electron chi connectivity index (χ0n) is 16.6. The Morgan fingerprint density at radius 2 is 1.85 bits per heavy atom. The summed E-state index contributed by atoms with van der Waals surface area (Å²) in [6.45, 7) is 2.32. The molecule has 1 heterocycles. The van der Waals surface area contributed by atoms with Gasteiger partial charge in [0.2, 0.25) is 5.91 Å². The smallest absolute Gasteiger partial charge is 0.220 e. The van der Waals surface area contributed by atoms with Gasteiger partial charge in [0.1, 0.15) is 11.5 Å². The number of hydrogen-bond donors (Lipinski definition) is 2.